The Labute approximate surface area is 106 Å². The molecule has 0 spiro atoms. The fourth-order valence-corrected chi connectivity index (χ4v) is 1.20. The topological polar surface area (TPSA) is 68.8 Å². The van der Waals surface area contributed by atoms with Gasteiger partial charge in [0.1, 0.15) is 18.9 Å². The second-order valence-corrected chi connectivity index (χ2v) is 3.42. The van der Waals surface area contributed by atoms with Gasteiger partial charge >= 0.3 is 5.97 Å². The van der Waals surface area contributed by atoms with Crippen molar-refractivity contribution in [1.82, 2.24) is 5.43 Å². The van der Waals surface area contributed by atoms with E-state index in [0.717, 1.165) is 11.4 Å². The molecule has 0 aliphatic heterocycles. The van der Waals surface area contributed by atoms with E-state index in [1.54, 1.807) is 7.11 Å². The molecule has 0 saturated carbocycles. The first-order valence-corrected chi connectivity index (χ1v) is 5.53. The van der Waals surface area contributed by atoms with Crippen LogP contribution in [0.3, 0.4) is 0 Å². The molecule has 0 unspecified atom stereocenters. The molecule has 0 atom stereocenters. The van der Waals surface area contributed by atoms with Gasteiger partial charge in [-0.3, -0.25) is 4.79 Å². The molecule has 0 bridgehead atoms. The van der Waals surface area contributed by atoms with Crippen LogP contribution in [-0.2, 0) is 14.3 Å². The van der Waals surface area contributed by atoms with Crippen LogP contribution in [0.4, 0.5) is 5.69 Å². The maximum atomic E-state index is 10.9. The van der Waals surface area contributed by atoms with Gasteiger partial charge in [-0.15, -0.1) is 0 Å². The van der Waals surface area contributed by atoms with E-state index in [1.165, 1.54) is 7.11 Å². The number of carbonyl (C=O) groups is 1. The fourth-order valence-electron chi connectivity index (χ4n) is 1.20. The van der Waals surface area contributed by atoms with Gasteiger partial charge < -0.3 is 19.6 Å². The summed E-state index contributed by atoms with van der Waals surface area (Å²) in [5.41, 5.74) is 6.42. The molecule has 0 aromatic heterocycles. The van der Waals surface area contributed by atoms with Crippen LogP contribution in [0.25, 0.3) is 0 Å². The highest BCUT2D eigenvalue weighted by Crippen LogP contribution is 2.16. The predicted molar refractivity (Wildman–Crippen MR) is 67.5 cm³/mol. The van der Waals surface area contributed by atoms with Gasteiger partial charge in [-0.05, 0) is 12.1 Å². The summed E-state index contributed by atoms with van der Waals surface area (Å²) in [5.74, 6) is 0.395. The van der Waals surface area contributed by atoms with Crippen LogP contribution in [0.15, 0.2) is 24.3 Å². The van der Waals surface area contributed by atoms with E-state index in [2.05, 4.69) is 15.6 Å². The summed E-state index contributed by atoms with van der Waals surface area (Å²) in [6, 6.07) is 7.37. The number of esters is 1. The standard InChI is InChI=1S/C12H18N2O4/c1-16-6-7-18-11-5-3-4-10(8-11)14-13-9-12(15)17-2/h3-5,8,13-14H,6-7,9H2,1-2H3. The predicted octanol–water partition coefficient (Wildman–Crippen LogP) is 0.801. The molecular weight excluding hydrogens is 236 g/mol. The number of ether oxygens (including phenoxy) is 3. The lowest BCUT2D eigenvalue weighted by Gasteiger charge is -2.10. The normalized spacial score (nSPS) is 9.89. The zero-order valence-corrected chi connectivity index (χ0v) is 10.6. The van der Waals surface area contributed by atoms with Gasteiger partial charge in [0.2, 0.25) is 0 Å². The van der Waals surface area contributed by atoms with Crippen LogP contribution in [-0.4, -0.2) is 39.9 Å². The molecule has 0 amide bonds. The fraction of sp³-hybridized carbons (Fsp3) is 0.417. The van der Waals surface area contributed by atoms with Gasteiger partial charge in [0.05, 0.1) is 19.4 Å². The molecule has 100 valence electrons. The first-order valence-electron chi connectivity index (χ1n) is 5.53. The van der Waals surface area contributed by atoms with Crippen LogP contribution in [0.1, 0.15) is 0 Å². The Hall–Kier alpha value is -1.79. The van der Waals surface area contributed by atoms with E-state index in [9.17, 15) is 4.79 Å². The minimum atomic E-state index is -0.338. The highest BCUT2D eigenvalue weighted by molar-refractivity contribution is 5.71. The molecule has 1 rings (SSSR count). The second kappa shape index (κ2) is 8.32. The summed E-state index contributed by atoms with van der Waals surface area (Å²) in [5, 5.41) is 0. The van der Waals surface area contributed by atoms with Crippen LogP contribution >= 0.6 is 0 Å². The molecular formula is C12H18N2O4. The lowest BCUT2D eigenvalue weighted by Crippen LogP contribution is -2.29. The number of nitrogens with one attached hydrogen (secondary N) is 2. The van der Waals surface area contributed by atoms with Crippen LogP contribution in [0, 0.1) is 0 Å². The number of benzene rings is 1. The number of anilines is 1. The minimum Gasteiger partial charge on any atom is -0.491 e. The third-order valence-corrected chi connectivity index (χ3v) is 2.08. The van der Waals surface area contributed by atoms with Crippen LogP contribution in [0.2, 0.25) is 0 Å². The maximum absolute atomic E-state index is 10.9. The molecule has 1 aromatic carbocycles. The number of hydrogen-bond donors (Lipinski definition) is 2. The lowest BCUT2D eigenvalue weighted by atomic mass is 10.3. The van der Waals surface area contributed by atoms with Crippen LogP contribution < -0.4 is 15.6 Å². The van der Waals surface area contributed by atoms with Crippen molar-refractivity contribution in [2.45, 2.75) is 0 Å². The van der Waals surface area contributed by atoms with E-state index >= 15 is 0 Å². The molecule has 6 nitrogen and oxygen atoms in total. The van der Waals surface area contributed by atoms with Crippen molar-refractivity contribution < 1.29 is 19.0 Å². The van der Waals surface area contributed by atoms with Crippen molar-refractivity contribution in [1.29, 1.82) is 0 Å². The van der Waals surface area contributed by atoms with Crippen LogP contribution in [0.5, 0.6) is 5.75 Å². The monoisotopic (exact) mass is 254 g/mol. The Bertz CT molecular complexity index is 371. The Morgan fingerprint density at radius 3 is 2.83 bits per heavy atom. The third-order valence-electron chi connectivity index (χ3n) is 2.08. The summed E-state index contributed by atoms with van der Waals surface area (Å²) in [6.45, 7) is 1.12. The summed E-state index contributed by atoms with van der Waals surface area (Å²) in [6.07, 6.45) is 0. The van der Waals surface area contributed by atoms with Gasteiger partial charge in [-0.25, -0.2) is 5.43 Å². The van der Waals surface area contributed by atoms with Crippen molar-refractivity contribution in [2.24, 2.45) is 0 Å². The highest BCUT2D eigenvalue weighted by atomic mass is 16.5. The quantitative estimate of drug-likeness (QED) is 0.406. The van der Waals surface area contributed by atoms with E-state index < -0.39 is 0 Å². The van der Waals surface area contributed by atoms with Crippen molar-refractivity contribution in [3.63, 3.8) is 0 Å². The zero-order chi connectivity index (χ0) is 13.2. The molecule has 0 saturated heterocycles. The third kappa shape index (κ3) is 5.51. The van der Waals surface area contributed by atoms with Gasteiger partial charge in [-0.1, -0.05) is 6.07 Å². The average Bonchev–Trinajstić information content (AvgIpc) is 2.39. The number of carbonyl (C=O) groups excluding carboxylic acids is 1. The molecule has 0 aliphatic rings. The maximum Gasteiger partial charge on any atom is 0.321 e. The van der Waals surface area contributed by atoms with E-state index in [4.69, 9.17) is 9.47 Å². The van der Waals surface area contributed by atoms with E-state index in [0.29, 0.717) is 13.2 Å². The molecule has 6 heteroatoms. The summed E-state index contributed by atoms with van der Waals surface area (Å²) in [4.78, 5) is 10.9. The number of rotatable bonds is 8. The summed E-state index contributed by atoms with van der Waals surface area (Å²) >= 11 is 0. The zero-order valence-electron chi connectivity index (χ0n) is 10.6. The Kier molecular flexibility index (Phi) is 6.60. The highest BCUT2D eigenvalue weighted by Gasteiger charge is 1.99. The van der Waals surface area contributed by atoms with Crippen molar-refractivity contribution in [3.8, 4) is 5.75 Å². The van der Waals surface area contributed by atoms with Gasteiger partial charge in [-0.2, -0.15) is 0 Å². The number of hydrogen-bond acceptors (Lipinski definition) is 6. The minimum absolute atomic E-state index is 0.0886. The van der Waals surface area contributed by atoms with E-state index in [-0.39, 0.29) is 12.5 Å². The first kappa shape index (κ1) is 14.3. The van der Waals surface area contributed by atoms with Crippen molar-refractivity contribution >= 4 is 11.7 Å². The molecule has 2 N–H and O–H groups in total. The molecule has 0 heterocycles. The molecule has 0 aliphatic carbocycles. The van der Waals surface area contributed by atoms with Crippen molar-refractivity contribution in [2.75, 3.05) is 39.4 Å². The van der Waals surface area contributed by atoms with E-state index in [1.807, 2.05) is 24.3 Å². The number of hydrazine groups is 1. The summed E-state index contributed by atoms with van der Waals surface area (Å²) in [7, 11) is 2.96. The molecule has 0 fully saturated rings. The molecule has 1 aromatic rings. The molecule has 18 heavy (non-hydrogen) atoms. The first-order chi connectivity index (χ1) is 8.76. The average molecular weight is 254 g/mol. The Balaban J connectivity index is 2.36. The van der Waals surface area contributed by atoms with Gasteiger partial charge in [0, 0.05) is 13.2 Å². The Morgan fingerprint density at radius 2 is 2.11 bits per heavy atom. The number of methoxy groups -OCH3 is 2. The lowest BCUT2D eigenvalue weighted by molar-refractivity contribution is -0.139. The second-order valence-electron chi connectivity index (χ2n) is 3.42. The van der Waals surface area contributed by atoms with Gasteiger partial charge in [0.15, 0.2) is 0 Å². The van der Waals surface area contributed by atoms with Crippen molar-refractivity contribution in [3.05, 3.63) is 24.3 Å². The Morgan fingerprint density at radius 1 is 1.28 bits per heavy atom. The smallest absolute Gasteiger partial charge is 0.321 e. The summed E-state index contributed by atoms with van der Waals surface area (Å²) < 4.78 is 14.8. The largest absolute Gasteiger partial charge is 0.491 e. The SMILES string of the molecule is COCCOc1cccc(NNCC(=O)OC)c1. The van der Waals surface area contributed by atoms with Gasteiger partial charge in [0.25, 0.3) is 0 Å². The molecule has 0 radical (unpaired) electrons.